The third-order valence-corrected chi connectivity index (χ3v) is 2.33. The predicted octanol–water partition coefficient (Wildman–Crippen LogP) is 2.93. The molecule has 12 heavy (non-hydrogen) atoms. The number of nitrogens with one attached hydrogen (secondary N) is 1. The SMILES string of the molecule is N=C(N)c1cc(Cl)c(Cl)cc1Cl. The van der Waals surface area contributed by atoms with E-state index in [1.165, 1.54) is 12.1 Å². The molecule has 0 aliphatic heterocycles. The molecule has 0 spiro atoms. The zero-order valence-corrected chi connectivity index (χ0v) is 8.13. The second kappa shape index (κ2) is 3.52. The summed E-state index contributed by atoms with van der Waals surface area (Å²) in [5, 5.41) is 8.16. The first kappa shape index (κ1) is 9.65. The van der Waals surface area contributed by atoms with Gasteiger partial charge in [0.05, 0.1) is 15.1 Å². The van der Waals surface area contributed by atoms with E-state index in [1.54, 1.807) is 0 Å². The van der Waals surface area contributed by atoms with E-state index in [0.717, 1.165) is 0 Å². The number of hydrogen-bond acceptors (Lipinski definition) is 1. The highest BCUT2D eigenvalue weighted by atomic mass is 35.5. The van der Waals surface area contributed by atoms with Crippen LogP contribution in [0.25, 0.3) is 0 Å². The van der Waals surface area contributed by atoms with Crippen molar-refractivity contribution in [2.24, 2.45) is 5.73 Å². The van der Waals surface area contributed by atoms with Crippen LogP contribution in [0.5, 0.6) is 0 Å². The van der Waals surface area contributed by atoms with Crippen molar-refractivity contribution in [2.45, 2.75) is 0 Å². The van der Waals surface area contributed by atoms with Crippen LogP contribution in [0.3, 0.4) is 0 Å². The molecule has 3 N–H and O–H groups in total. The van der Waals surface area contributed by atoms with E-state index in [2.05, 4.69) is 0 Å². The molecule has 0 heterocycles. The van der Waals surface area contributed by atoms with E-state index in [1.807, 2.05) is 0 Å². The summed E-state index contributed by atoms with van der Waals surface area (Å²) in [5.74, 6) is -0.126. The lowest BCUT2D eigenvalue weighted by Gasteiger charge is -2.03. The van der Waals surface area contributed by atoms with Gasteiger partial charge in [0.2, 0.25) is 0 Å². The number of benzene rings is 1. The Labute approximate surface area is 84.7 Å². The minimum atomic E-state index is -0.126. The van der Waals surface area contributed by atoms with Gasteiger partial charge in [-0.2, -0.15) is 0 Å². The van der Waals surface area contributed by atoms with Crippen LogP contribution < -0.4 is 5.73 Å². The van der Waals surface area contributed by atoms with Crippen LogP contribution in [-0.2, 0) is 0 Å². The van der Waals surface area contributed by atoms with Crippen molar-refractivity contribution in [1.29, 1.82) is 5.41 Å². The van der Waals surface area contributed by atoms with E-state index in [0.29, 0.717) is 20.6 Å². The fraction of sp³-hybridized carbons (Fsp3) is 0. The zero-order valence-electron chi connectivity index (χ0n) is 5.87. The van der Waals surface area contributed by atoms with Crippen molar-refractivity contribution in [1.82, 2.24) is 0 Å². The van der Waals surface area contributed by atoms with Crippen molar-refractivity contribution in [3.63, 3.8) is 0 Å². The van der Waals surface area contributed by atoms with Gasteiger partial charge in [0.25, 0.3) is 0 Å². The number of hydrogen-bond donors (Lipinski definition) is 2. The lowest BCUT2D eigenvalue weighted by atomic mass is 10.2. The maximum Gasteiger partial charge on any atom is 0.124 e. The molecule has 0 atom stereocenters. The smallest absolute Gasteiger partial charge is 0.124 e. The minimum Gasteiger partial charge on any atom is -0.384 e. The van der Waals surface area contributed by atoms with Gasteiger partial charge < -0.3 is 5.73 Å². The summed E-state index contributed by atoms with van der Waals surface area (Å²) in [5.41, 5.74) is 5.63. The number of halogens is 3. The molecule has 1 aromatic rings. The van der Waals surface area contributed by atoms with Gasteiger partial charge in [-0.25, -0.2) is 0 Å². The molecule has 0 fully saturated rings. The first-order chi connectivity index (χ1) is 5.52. The van der Waals surface area contributed by atoms with Gasteiger partial charge in [-0.15, -0.1) is 0 Å². The van der Waals surface area contributed by atoms with Gasteiger partial charge in [0.15, 0.2) is 0 Å². The van der Waals surface area contributed by atoms with Crippen molar-refractivity contribution in [2.75, 3.05) is 0 Å². The lowest BCUT2D eigenvalue weighted by molar-refractivity contribution is 1.42. The maximum absolute atomic E-state index is 7.13. The first-order valence-corrected chi connectivity index (χ1v) is 4.14. The molecular formula is C7H5Cl3N2. The Kier molecular flexibility index (Phi) is 2.83. The average molecular weight is 223 g/mol. The number of nitrogens with two attached hydrogens (primary N) is 1. The van der Waals surface area contributed by atoms with Gasteiger partial charge in [0.1, 0.15) is 5.84 Å². The Morgan fingerprint density at radius 3 is 2.08 bits per heavy atom. The molecule has 0 unspecified atom stereocenters. The molecular weight excluding hydrogens is 218 g/mol. The Morgan fingerprint density at radius 1 is 1.08 bits per heavy atom. The molecule has 64 valence electrons. The van der Waals surface area contributed by atoms with Crippen molar-refractivity contribution >= 4 is 40.6 Å². The highest BCUT2D eigenvalue weighted by molar-refractivity contribution is 6.44. The van der Waals surface area contributed by atoms with Crippen LogP contribution in [0.15, 0.2) is 12.1 Å². The van der Waals surface area contributed by atoms with Gasteiger partial charge in [-0.3, -0.25) is 5.41 Å². The van der Waals surface area contributed by atoms with E-state index in [9.17, 15) is 0 Å². The molecule has 1 aromatic carbocycles. The zero-order chi connectivity index (χ0) is 9.30. The molecule has 0 saturated heterocycles. The summed E-state index contributed by atoms with van der Waals surface area (Å²) in [7, 11) is 0. The van der Waals surface area contributed by atoms with Gasteiger partial charge in [0, 0.05) is 5.56 Å². The van der Waals surface area contributed by atoms with E-state index in [-0.39, 0.29) is 5.84 Å². The van der Waals surface area contributed by atoms with Crippen LogP contribution in [0.1, 0.15) is 5.56 Å². The van der Waals surface area contributed by atoms with E-state index in [4.69, 9.17) is 45.9 Å². The average Bonchev–Trinajstić information content (AvgIpc) is 1.96. The third kappa shape index (κ3) is 1.83. The largest absolute Gasteiger partial charge is 0.384 e. The summed E-state index contributed by atoms with van der Waals surface area (Å²) in [4.78, 5) is 0. The summed E-state index contributed by atoms with van der Waals surface area (Å²) in [6.07, 6.45) is 0. The second-order valence-corrected chi connectivity index (χ2v) is 3.38. The quantitative estimate of drug-likeness (QED) is 0.429. The topological polar surface area (TPSA) is 49.9 Å². The normalized spacial score (nSPS) is 9.92. The Balaban J connectivity index is 3.33. The molecule has 0 aliphatic carbocycles. The standard InChI is InChI=1S/C7H5Cl3N2/c8-4-2-6(10)5(9)1-3(4)7(11)12/h1-2H,(H3,11,12). The van der Waals surface area contributed by atoms with Gasteiger partial charge in [-0.1, -0.05) is 34.8 Å². The molecule has 1 rings (SSSR count). The molecule has 5 heteroatoms. The Bertz CT molecular complexity index is 336. The molecule has 0 aliphatic rings. The molecule has 0 radical (unpaired) electrons. The Morgan fingerprint density at radius 2 is 1.58 bits per heavy atom. The summed E-state index contributed by atoms with van der Waals surface area (Å²) in [6, 6.07) is 2.93. The monoisotopic (exact) mass is 222 g/mol. The third-order valence-electron chi connectivity index (χ3n) is 1.30. The second-order valence-electron chi connectivity index (χ2n) is 2.16. The van der Waals surface area contributed by atoms with Crippen LogP contribution in [0.2, 0.25) is 15.1 Å². The molecule has 0 saturated carbocycles. The van der Waals surface area contributed by atoms with Crippen molar-refractivity contribution < 1.29 is 0 Å². The fourth-order valence-electron chi connectivity index (χ4n) is 0.729. The maximum atomic E-state index is 7.13. The van der Waals surface area contributed by atoms with Crippen LogP contribution in [-0.4, -0.2) is 5.84 Å². The molecule has 0 bridgehead atoms. The summed E-state index contributed by atoms with van der Waals surface area (Å²) < 4.78 is 0. The first-order valence-electron chi connectivity index (χ1n) is 3.01. The predicted molar refractivity (Wildman–Crippen MR) is 52.5 cm³/mol. The molecule has 2 nitrogen and oxygen atoms in total. The molecule has 0 amide bonds. The lowest BCUT2D eigenvalue weighted by Crippen LogP contribution is -2.11. The number of rotatable bonds is 1. The highest BCUT2D eigenvalue weighted by Gasteiger charge is 2.07. The van der Waals surface area contributed by atoms with Crippen LogP contribution in [0, 0.1) is 5.41 Å². The van der Waals surface area contributed by atoms with Crippen molar-refractivity contribution in [3.8, 4) is 0 Å². The van der Waals surface area contributed by atoms with Gasteiger partial charge in [-0.05, 0) is 12.1 Å². The molecule has 0 aromatic heterocycles. The van der Waals surface area contributed by atoms with E-state index < -0.39 is 0 Å². The summed E-state index contributed by atoms with van der Waals surface area (Å²) >= 11 is 17.1. The number of amidine groups is 1. The fourth-order valence-corrected chi connectivity index (χ4v) is 1.38. The van der Waals surface area contributed by atoms with Crippen molar-refractivity contribution in [3.05, 3.63) is 32.8 Å². The highest BCUT2D eigenvalue weighted by Crippen LogP contribution is 2.28. The van der Waals surface area contributed by atoms with Crippen LogP contribution >= 0.6 is 34.8 Å². The minimum absolute atomic E-state index is 0.126. The van der Waals surface area contributed by atoms with E-state index >= 15 is 0 Å². The number of nitrogen functional groups attached to an aromatic ring is 1. The summed E-state index contributed by atoms with van der Waals surface area (Å²) in [6.45, 7) is 0. The van der Waals surface area contributed by atoms with Crippen LogP contribution in [0.4, 0.5) is 0 Å². The Hall–Kier alpha value is -0.440. The van der Waals surface area contributed by atoms with Gasteiger partial charge >= 0.3 is 0 Å².